The molecule has 1 aromatic rings. The first-order chi connectivity index (χ1) is 15.5. The summed E-state index contributed by atoms with van der Waals surface area (Å²) in [4.78, 5) is 12.0. The number of guanidine groups is 1. The number of aryl methyl sites for hydroxylation is 2. The third-order valence-electron chi connectivity index (χ3n) is 7.26. The largest absolute Gasteiger partial charge is 0.444 e. The Bertz CT molecular complexity index is 684. The van der Waals surface area contributed by atoms with E-state index >= 15 is 0 Å². The number of aromatic nitrogens is 1. The summed E-state index contributed by atoms with van der Waals surface area (Å²) in [5, 5.41) is 7.09. The van der Waals surface area contributed by atoms with Crippen LogP contribution < -0.4 is 10.6 Å². The van der Waals surface area contributed by atoms with Crippen LogP contribution in [-0.4, -0.2) is 61.8 Å². The molecule has 0 spiro atoms. The molecule has 1 saturated carbocycles. The minimum Gasteiger partial charge on any atom is -0.444 e. The van der Waals surface area contributed by atoms with Gasteiger partial charge in [-0.3, -0.25) is 9.89 Å². The van der Waals surface area contributed by atoms with E-state index in [9.17, 15) is 0 Å². The van der Waals surface area contributed by atoms with Crippen LogP contribution in [0.5, 0.6) is 0 Å². The second-order valence-corrected chi connectivity index (χ2v) is 9.70. The minimum absolute atomic E-state index is 0.333. The zero-order valence-electron chi connectivity index (χ0n) is 20.8. The first-order valence-electron chi connectivity index (χ1n) is 12.8. The zero-order chi connectivity index (χ0) is 22.8. The van der Waals surface area contributed by atoms with Gasteiger partial charge in [-0.1, -0.05) is 12.8 Å². The lowest BCUT2D eigenvalue weighted by Gasteiger charge is -2.31. The van der Waals surface area contributed by atoms with Crippen molar-refractivity contribution in [3.05, 3.63) is 17.3 Å². The van der Waals surface area contributed by atoms with Gasteiger partial charge in [-0.05, 0) is 84.2 Å². The lowest BCUT2D eigenvalue weighted by Crippen LogP contribution is -2.43. The number of hydrogen-bond donors (Lipinski definition) is 2. The molecule has 2 heterocycles. The van der Waals surface area contributed by atoms with E-state index in [4.69, 9.17) is 14.1 Å². The maximum absolute atomic E-state index is 5.76. The fourth-order valence-electron chi connectivity index (χ4n) is 5.02. The first kappa shape index (κ1) is 25.0. The highest BCUT2D eigenvalue weighted by molar-refractivity contribution is 5.79. The van der Waals surface area contributed by atoms with Gasteiger partial charge in [0.05, 0.1) is 12.2 Å². The number of nitrogens with one attached hydrogen (secondary N) is 2. The van der Waals surface area contributed by atoms with Crippen LogP contribution in [0.2, 0.25) is 0 Å². The van der Waals surface area contributed by atoms with E-state index in [0.29, 0.717) is 11.3 Å². The highest BCUT2D eigenvalue weighted by Crippen LogP contribution is 2.41. The number of ether oxygens (including phenoxy) is 1. The number of oxazole rings is 1. The van der Waals surface area contributed by atoms with Crippen LogP contribution in [0.25, 0.3) is 0 Å². The van der Waals surface area contributed by atoms with Crippen LogP contribution in [0.4, 0.5) is 0 Å². The molecule has 0 amide bonds. The first-order valence-corrected chi connectivity index (χ1v) is 12.8. The van der Waals surface area contributed by atoms with E-state index in [1.54, 1.807) is 0 Å². The zero-order valence-corrected chi connectivity index (χ0v) is 20.8. The summed E-state index contributed by atoms with van der Waals surface area (Å²) in [6.07, 6.45) is 8.75. The van der Waals surface area contributed by atoms with Crippen LogP contribution in [-0.2, 0) is 11.3 Å². The number of aliphatic imine (C=N–C) groups is 1. The third kappa shape index (κ3) is 7.48. The minimum atomic E-state index is 0.333. The van der Waals surface area contributed by atoms with Crippen LogP contribution in [0.3, 0.4) is 0 Å². The Morgan fingerprint density at radius 1 is 1.19 bits per heavy atom. The Morgan fingerprint density at radius 2 is 1.94 bits per heavy atom. The molecule has 1 saturated heterocycles. The fraction of sp³-hybridized carbons (Fsp3) is 0.840. The Kier molecular flexibility index (Phi) is 9.85. The monoisotopic (exact) mass is 447 g/mol. The molecule has 1 aliphatic carbocycles. The van der Waals surface area contributed by atoms with E-state index in [-0.39, 0.29) is 0 Å². The molecule has 0 bridgehead atoms. The third-order valence-corrected chi connectivity index (χ3v) is 7.26. The predicted octanol–water partition coefficient (Wildman–Crippen LogP) is 4.05. The van der Waals surface area contributed by atoms with Gasteiger partial charge in [-0.2, -0.15) is 0 Å². The van der Waals surface area contributed by atoms with Crippen molar-refractivity contribution in [2.24, 2.45) is 16.3 Å². The SMILES string of the molecule is CCNC(=NCC1(CCOCC)CCCC1)NCC1CCN(Cc2nc(C)c(C)o2)CC1. The van der Waals surface area contributed by atoms with Gasteiger partial charge in [0.15, 0.2) is 5.96 Å². The van der Waals surface area contributed by atoms with E-state index in [1.807, 2.05) is 13.8 Å². The van der Waals surface area contributed by atoms with E-state index < -0.39 is 0 Å². The number of hydrogen-bond acceptors (Lipinski definition) is 5. The van der Waals surface area contributed by atoms with Crippen molar-refractivity contribution in [2.75, 3.05) is 45.9 Å². The van der Waals surface area contributed by atoms with Gasteiger partial charge < -0.3 is 19.8 Å². The number of likely N-dealkylation sites (tertiary alicyclic amines) is 1. The second-order valence-electron chi connectivity index (χ2n) is 9.70. The lowest BCUT2D eigenvalue weighted by molar-refractivity contribution is 0.107. The number of rotatable bonds is 11. The second kappa shape index (κ2) is 12.6. The van der Waals surface area contributed by atoms with Gasteiger partial charge in [0.1, 0.15) is 5.76 Å². The van der Waals surface area contributed by atoms with Gasteiger partial charge in [-0.15, -0.1) is 0 Å². The van der Waals surface area contributed by atoms with Crippen LogP contribution in [0, 0.1) is 25.2 Å². The molecule has 32 heavy (non-hydrogen) atoms. The summed E-state index contributed by atoms with van der Waals surface area (Å²) in [7, 11) is 0. The highest BCUT2D eigenvalue weighted by atomic mass is 16.5. The van der Waals surface area contributed by atoms with Crippen LogP contribution in [0.15, 0.2) is 9.41 Å². The average Bonchev–Trinajstić information content (AvgIpc) is 3.38. The Labute approximate surface area is 194 Å². The predicted molar refractivity (Wildman–Crippen MR) is 130 cm³/mol. The van der Waals surface area contributed by atoms with Gasteiger partial charge >= 0.3 is 0 Å². The topological polar surface area (TPSA) is 74.9 Å². The standard InChI is InChI=1S/C25H45N5O2/c1-5-26-24(28-19-25(11-7-8-12-25)13-16-31-6-2)27-17-22-9-14-30(15-10-22)18-23-29-20(3)21(4)32-23/h22H,5-19H2,1-4H3,(H2,26,27,28). The van der Waals surface area contributed by atoms with Crippen LogP contribution in [0.1, 0.15) is 76.1 Å². The van der Waals surface area contributed by atoms with Gasteiger partial charge in [0.2, 0.25) is 5.89 Å². The van der Waals surface area contributed by atoms with E-state index in [2.05, 4.69) is 34.4 Å². The summed E-state index contributed by atoms with van der Waals surface area (Å²) in [6, 6.07) is 0. The van der Waals surface area contributed by atoms with Crippen molar-refractivity contribution in [3.63, 3.8) is 0 Å². The molecule has 2 aliphatic rings. The van der Waals surface area contributed by atoms with Crippen molar-refractivity contribution in [3.8, 4) is 0 Å². The highest BCUT2D eigenvalue weighted by Gasteiger charge is 2.33. The van der Waals surface area contributed by atoms with Crippen LogP contribution >= 0.6 is 0 Å². The van der Waals surface area contributed by atoms with Crippen molar-refractivity contribution in [1.82, 2.24) is 20.5 Å². The van der Waals surface area contributed by atoms with E-state index in [0.717, 1.165) is 82.2 Å². The molecule has 182 valence electrons. The van der Waals surface area contributed by atoms with Gasteiger partial charge in [0, 0.05) is 32.8 Å². The van der Waals surface area contributed by atoms with Gasteiger partial charge in [-0.25, -0.2) is 4.98 Å². The summed E-state index contributed by atoms with van der Waals surface area (Å²) >= 11 is 0. The Balaban J connectivity index is 1.44. The maximum Gasteiger partial charge on any atom is 0.208 e. The average molecular weight is 448 g/mol. The maximum atomic E-state index is 5.76. The summed E-state index contributed by atoms with van der Waals surface area (Å²) < 4.78 is 11.4. The molecule has 7 heteroatoms. The molecule has 0 radical (unpaired) electrons. The lowest BCUT2D eigenvalue weighted by atomic mass is 9.83. The molecule has 0 atom stereocenters. The number of nitrogens with zero attached hydrogens (tertiary/aromatic N) is 3. The van der Waals surface area contributed by atoms with Gasteiger partial charge in [0.25, 0.3) is 0 Å². The molecular formula is C25H45N5O2. The van der Waals surface area contributed by atoms with Crippen molar-refractivity contribution in [1.29, 1.82) is 0 Å². The summed E-state index contributed by atoms with van der Waals surface area (Å²) in [5.74, 6) is 3.44. The summed E-state index contributed by atoms with van der Waals surface area (Å²) in [5.41, 5.74) is 1.34. The van der Waals surface area contributed by atoms with E-state index in [1.165, 1.54) is 38.5 Å². The molecule has 1 aromatic heterocycles. The molecule has 0 aromatic carbocycles. The van der Waals surface area contributed by atoms with Crippen molar-refractivity contribution >= 4 is 5.96 Å². The molecule has 7 nitrogen and oxygen atoms in total. The van der Waals surface area contributed by atoms with Crippen molar-refractivity contribution in [2.45, 2.75) is 79.2 Å². The Hall–Kier alpha value is -1.60. The number of piperidine rings is 1. The molecule has 1 aliphatic heterocycles. The normalized spacial score (nSPS) is 20.1. The Morgan fingerprint density at radius 3 is 2.56 bits per heavy atom. The van der Waals surface area contributed by atoms with Crippen molar-refractivity contribution < 1.29 is 9.15 Å². The molecule has 0 unspecified atom stereocenters. The molecule has 2 N–H and O–H groups in total. The smallest absolute Gasteiger partial charge is 0.208 e. The quantitative estimate of drug-likeness (QED) is 0.303. The summed E-state index contributed by atoms with van der Waals surface area (Å²) in [6.45, 7) is 15.7. The molecule has 3 rings (SSSR count). The molecular weight excluding hydrogens is 402 g/mol. The fourth-order valence-corrected chi connectivity index (χ4v) is 5.02. The molecule has 2 fully saturated rings.